The number of carboxylic acids is 1. The van der Waals surface area contributed by atoms with Gasteiger partial charge in [0.15, 0.2) is 10.3 Å². The molecule has 0 aromatic carbocycles. The summed E-state index contributed by atoms with van der Waals surface area (Å²) >= 11 is 0. The maximum atomic E-state index is 10.3. The van der Waals surface area contributed by atoms with Gasteiger partial charge in [0.1, 0.15) is 0 Å². The van der Waals surface area contributed by atoms with E-state index in [9.17, 15) is 4.79 Å². The molecule has 0 fully saturated rings. The Bertz CT molecular complexity index is 419. The molecule has 0 bridgehead atoms. The van der Waals surface area contributed by atoms with Crippen molar-refractivity contribution in [1.82, 2.24) is 0 Å². The summed E-state index contributed by atoms with van der Waals surface area (Å²) in [5, 5.41) is 12.3. The molecular formula is C18H36NNaO5S. The first kappa shape index (κ1) is 30.8. The van der Waals surface area contributed by atoms with Crippen LogP contribution >= 0.6 is 0 Å². The van der Waals surface area contributed by atoms with Crippen molar-refractivity contribution >= 4 is 16.3 Å². The number of aliphatic carboxylic acids is 1. The number of carboxylic acid groups (broad SMARTS) is 1. The molecule has 0 aliphatic heterocycles. The fraction of sp³-hybridized carbons (Fsp3) is 0.833. The molecule has 150 valence electrons. The number of nitrogens with two attached hydrogens (primary N) is 1. The van der Waals surface area contributed by atoms with Crippen LogP contribution < -0.4 is 34.7 Å². The third kappa shape index (κ3) is 44.0. The van der Waals surface area contributed by atoms with Crippen molar-refractivity contribution in [3.63, 3.8) is 0 Å². The molecule has 0 heterocycles. The zero-order chi connectivity index (χ0) is 19.4. The Hall–Kier alpha value is 0.0800. The van der Waals surface area contributed by atoms with Crippen molar-refractivity contribution in [3.8, 4) is 0 Å². The van der Waals surface area contributed by atoms with Crippen molar-refractivity contribution < 1.29 is 52.4 Å². The van der Waals surface area contributed by atoms with Gasteiger partial charge in [-0.2, -0.15) is 0 Å². The van der Waals surface area contributed by atoms with Crippen LogP contribution in [0, 0.1) is 0 Å². The number of carbonyl (C=O) groups is 1. The van der Waals surface area contributed by atoms with Gasteiger partial charge in [-0.25, -0.2) is 13.6 Å². The van der Waals surface area contributed by atoms with Crippen LogP contribution in [0.25, 0.3) is 0 Å². The maximum Gasteiger partial charge on any atom is 1.00 e. The number of hydrogen-bond acceptors (Lipinski definition) is 4. The topological polar surface area (TPSA) is 121 Å². The van der Waals surface area contributed by atoms with Gasteiger partial charge in [-0.1, -0.05) is 70.4 Å². The van der Waals surface area contributed by atoms with Crippen LogP contribution in [0.3, 0.4) is 0 Å². The van der Waals surface area contributed by atoms with E-state index in [0.29, 0.717) is 6.42 Å². The van der Waals surface area contributed by atoms with Crippen LogP contribution in [-0.4, -0.2) is 24.0 Å². The number of rotatable bonds is 15. The zero-order valence-electron chi connectivity index (χ0n) is 16.6. The van der Waals surface area contributed by atoms with Crippen LogP contribution in [-0.2, 0) is 15.1 Å². The van der Waals surface area contributed by atoms with Crippen LogP contribution in [0.2, 0.25) is 0 Å². The summed E-state index contributed by atoms with van der Waals surface area (Å²) in [6.45, 7) is 2.26. The average molecular weight is 402 g/mol. The Labute approximate surface area is 182 Å². The van der Waals surface area contributed by atoms with E-state index in [1.807, 2.05) is 0 Å². The molecule has 0 unspecified atom stereocenters. The predicted molar refractivity (Wildman–Crippen MR) is 101 cm³/mol. The van der Waals surface area contributed by atoms with E-state index >= 15 is 0 Å². The minimum absolute atomic E-state index is 0. The molecule has 0 aromatic rings. The molecule has 0 atom stereocenters. The minimum Gasteiger partial charge on any atom is -0.736 e. The van der Waals surface area contributed by atoms with Gasteiger partial charge in [-0.3, -0.25) is 4.79 Å². The first-order valence-electron chi connectivity index (χ1n) is 9.37. The van der Waals surface area contributed by atoms with Crippen molar-refractivity contribution in [2.24, 2.45) is 5.14 Å². The Morgan fingerprint density at radius 1 is 0.885 bits per heavy atom. The van der Waals surface area contributed by atoms with E-state index in [4.69, 9.17) is 18.1 Å². The smallest absolute Gasteiger partial charge is 0.736 e. The fourth-order valence-corrected chi connectivity index (χ4v) is 2.35. The molecule has 8 heteroatoms. The Morgan fingerprint density at radius 3 is 1.62 bits per heavy atom. The molecule has 0 aliphatic carbocycles. The summed E-state index contributed by atoms with van der Waals surface area (Å²) in [5.41, 5.74) is 0. The maximum absolute atomic E-state index is 10.3. The zero-order valence-corrected chi connectivity index (χ0v) is 19.4. The summed E-state index contributed by atoms with van der Waals surface area (Å²) in [6, 6.07) is 0. The summed E-state index contributed by atoms with van der Waals surface area (Å²) < 4.78 is 26.6. The van der Waals surface area contributed by atoms with Gasteiger partial charge in [0, 0.05) is 6.42 Å². The van der Waals surface area contributed by atoms with Crippen molar-refractivity contribution in [2.75, 3.05) is 0 Å². The Morgan fingerprint density at radius 2 is 1.23 bits per heavy atom. The number of unbranched alkanes of at least 4 members (excludes halogenated alkanes) is 11. The van der Waals surface area contributed by atoms with Crippen molar-refractivity contribution in [1.29, 1.82) is 0 Å². The second kappa shape index (κ2) is 23.1. The van der Waals surface area contributed by atoms with Crippen molar-refractivity contribution in [2.45, 2.75) is 96.8 Å². The number of allylic oxidation sites excluding steroid dienone is 2. The van der Waals surface area contributed by atoms with E-state index in [1.165, 1.54) is 70.6 Å². The monoisotopic (exact) mass is 401 g/mol. The predicted octanol–water partition coefficient (Wildman–Crippen LogP) is 1.52. The molecule has 0 saturated carbocycles. The second-order valence-electron chi connectivity index (χ2n) is 6.22. The molecule has 3 N–H and O–H groups in total. The van der Waals surface area contributed by atoms with Gasteiger partial charge >= 0.3 is 35.5 Å². The van der Waals surface area contributed by atoms with Gasteiger partial charge in [0.05, 0.1) is 0 Å². The van der Waals surface area contributed by atoms with Crippen molar-refractivity contribution in [3.05, 3.63) is 12.2 Å². The van der Waals surface area contributed by atoms with Crippen LogP contribution in [0.1, 0.15) is 96.8 Å². The van der Waals surface area contributed by atoms with Gasteiger partial charge in [0.25, 0.3) is 0 Å². The van der Waals surface area contributed by atoms with E-state index in [0.717, 1.165) is 12.8 Å². The normalized spacial score (nSPS) is 10.9. The molecule has 26 heavy (non-hydrogen) atoms. The molecule has 0 amide bonds. The SMILES string of the molecule is CCCCCCCC/C=C\CCCCCCCC(=O)O.NS(=O)(=O)[O-].[Na+]. The fourth-order valence-electron chi connectivity index (χ4n) is 2.35. The standard InChI is InChI=1S/C18H34O2.H3NO3S.Na/c1-2-3-4-5-6-7-8-9-10-11-12-13-14-15-16-17-18(19)20;1-5(2,3)4;/h9-10H,2-8,11-17H2,1H3,(H,19,20);(H3,1,2,3,4);/q;;+1/p-1/b10-9-;;. The molecule has 0 aliphatic rings. The van der Waals surface area contributed by atoms with Gasteiger partial charge in [0.2, 0.25) is 0 Å². The largest absolute Gasteiger partial charge is 1.00 e. The molecule has 0 spiro atoms. The quantitative estimate of drug-likeness (QED) is 0.186. The summed E-state index contributed by atoms with van der Waals surface area (Å²) in [4.78, 5) is 10.3. The second-order valence-corrected chi connectivity index (χ2v) is 7.21. The van der Waals surface area contributed by atoms with Gasteiger partial charge < -0.3 is 9.66 Å². The summed E-state index contributed by atoms with van der Waals surface area (Å²) in [7, 11) is -4.42. The van der Waals surface area contributed by atoms with E-state index in [2.05, 4.69) is 24.2 Å². The summed E-state index contributed by atoms with van der Waals surface area (Å²) in [5.74, 6) is -0.664. The molecule has 0 radical (unpaired) electrons. The molecular weight excluding hydrogens is 365 g/mol. The average Bonchev–Trinajstić information content (AvgIpc) is 2.49. The van der Waals surface area contributed by atoms with E-state index in [-0.39, 0.29) is 29.6 Å². The molecule has 0 rings (SSSR count). The van der Waals surface area contributed by atoms with E-state index < -0.39 is 16.3 Å². The Balaban J connectivity index is -0.000000772. The van der Waals surface area contributed by atoms with Crippen LogP contribution in [0.15, 0.2) is 12.2 Å². The first-order valence-corrected chi connectivity index (χ1v) is 10.8. The Kier molecular flexibility index (Phi) is 27.4. The molecule has 6 nitrogen and oxygen atoms in total. The third-order valence-corrected chi connectivity index (χ3v) is 3.65. The third-order valence-electron chi connectivity index (χ3n) is 3.65. The minimum atomic E-state index is -4.42. The van der Waals surface area contributed by atoms with Crippen LogP contribution in [0.5, 0.6) is 0 Å². The number of hydrogen-bond donors (Lipinski definition) is 2. The van der Waals surface area contributed by atoms with E-state index in [1.54, 1.807) is 0 Å². The first-order chi connectivity index (χ1) is 11.8. The summed E-state index contributed by atoms with van der Waals surface area (Å²) in [6.07, 6.45) is 21.2. The molecule has 0 aromatic heterocycles. The van der Waals surface area contributed by atoms with Gasteiger partial charge in [-0.15, -0.1) is 0 Å². The van der Waals surface area contributed by atoms with Crippen LogP contribution in [0.4, 0.5) is 0 Å². The van der Waals surface area contributed by atoms with Gasteiger partial charge in [-0.05, 0) is 32.1 Å². The molecule has 0 saturated heterocycles.